The number of carbonyl (C=O) groups excluding carboxylic acids is 1. The van der Waals surface area contributed by atoms with Crippen molar-refractivity contribution in [2.75, 3.05) is 13.2 Å². The fraction of sp³-hybridized carbons (Fsp3) is 0.353. The summed E-state index contributed by atoms with van der Waals surface area (Å²) >= 11 is 1.65. The van der Waals surface area contributed by atoms with Gasteiger partial charge in [0.15, 0.2) is 0 Å². The van der Waals surface area contributed by atoms with Gasteiger partial charge in [0.1, 0.15) is 12.6 Å². The van der Waals surface area contributed by atoms with Crippen LogP contribution in [0.15, 0.2) is 36.4 Å². The third-order valence-corrected chi connectivity index (χ3v) is 5.59. The predicted molar refractivity (Wildman–Crippen MR) is 86.8 cm³/mol. The summed E-state index contributed by atoms with van der Waals surface area (Å²) in [7, 11) is 0. The molecule has 2 atom stereocenters. The van der Waals surface area contributed by atoms with E-state index in [2.05, 4.69) is 13.0 Å². The highest BCUT2D eigenvalue weighted by molar-refractivity contribution is 7.12. The van der Waals surface area contributed by atoms with E-state index in [1.54, 1.807) is 16.2 Å². The molecule has 0 saturated carbocycles. The zero-order valence-electron chi connectivity index (χ0n) is 12.8. The molecule has 4 rings (SSSR count). The number of nitrogens with zero attached hydrogens (tertiary/aromatic N) is 2. The number of rotatable bonds is 4. The Kier molecular flexibility index (Phi) is 3.60. The van der Waals surface area contributed by atoms with Gasteiger partial charge in [-0.3, -0.25) is 4.84 Å². The summed E-state index contributed by atoms with van der Waals surface area (Å²) in [5, 5.41) is 11.2. The second kappa shape index (κ2) is 5.63. The minimum absolute atomic E-state index is 0.0576. The molecule has 0 radical (unpaired) electrons. The number of aliphatic hydroxyl groups excluding tert-OH is 1. The largest absolute Gasteiger partial charge is 0.394 e. The molecule has 2 unspecified atom stereocenters. The molecule has 6 heteroatoms. The molecule has 1 aromatic heterocycles. The molecular formula is C17H18N2O3S. The average molecular weight is 330 g/mol. The van der Waals surface area contributed by atoms with Crippen LogP contribution in [0.5, 0.6) is 0 Å². The van der Waals surface area contributed by atoms with Crippen LogP contribution >= 0.6 is 11.3 Å². The van der Waals surface area contributed by atoms with Gasteiger partial charge in [-0.05, 0) is 24.1 Å². The number of carbonyl (C=O) groups is 1. The van der Waals surface area contributed by atoms with Crippen LogP contribution in [0.3, 0.4) is 0 Å². The number of fused-ring (bicyclic) bond motifs is 4. The number of hydroxylamine groups is 2. The summed E-state index contributed by atoms with van der Waals surface area (Å²) in [6.07, 6.45) is 0. The summed E-state index contributed by atoms with van der Waals surface area (Å²) in [4.78, 5) is 22.5. The topological polar surface area (TPSA) is 53.0 Å². The van der Waals surface area contributed by atoms with Crippen molar-refractivity contribution in [3.8, 4) is 0 Å². The lowest BCUT2D eigenvalue weighted by Gasteiger charge is -2.28. The first-order chi connectivity index (χ1) is 11.2. The number of hydrogen-bond donors (Lipinski definition) is 1. The number of hydrogen-bond acceptors (Lipinski definition) is 4. The van der Waals surface area contributed by atoms with Crippen LogP contribution in [0.4, 0.5) is 4.79 Å². The molecule has 2 aliphatic rings. The lowest BCUT2D eigenvalue weighted by Crippen LogP contribution is -2.35. The molecule has 1 aromatic carbocycles. The Bertz CT molecular complexity index is 731. The normalized spacial score (nSPS) is 22.6. The van der Waals surface area contributed by atoms with Gasteiger partial charge in [0, 0.05) is 9.75 Å². The Morgan fingerprint density at radius 1 is 1.35 bits per heavy atom. The van der Waals surface area contributed by atoms with E-state index >= 15 is 0 Å². The van der Waals surface area contributed by atoms with Crippen molar-refractivity contribution in [2.45, 2.75) is 25.6 Å². The zero-order valence-corrected chi connectivity index (χ0v) is 13.6. The average Bonchev–Trinajstić information content (AvgIpc) is 3.08. The summed E-state index contributed by atoms with van der Waals surface area (Å²) in [5.74, 6) is 0. The van der Waals surface area contributed by atoms with Crippen molar-refractivity contribution in [3.63, 3.8) is 0 Å². The fourth-order valence-corrected chi connectivity index (χ4v) is 4.53. The van der Waals surface area contributed by atoms with E-state index in [0.29, 0.717) is 13.2 Å². The predicted octanol–water partition coefficient (Wildman–Crippen LogP) is 3.01. The van der Waals surface area contributed by atoms with Gasteiger partial charge < -0.3 is 10.0 Å². The van der Waals surface area contributed by atoms with Crippen molar-refractivity contribution in [3.05, 3.63) is 57.3 Å². The highest BCUT2D eigenvalue weighted by atomic mass is 32.1. The van der Waals surface area contributed by atoms with Crippen molar-refractivity contribution >= 4 is 17.4 Å². The van der Waals surface area contributed by atoms with Crippen LogP contribution in [0.2, 0.25) is 0 Å². The Hall–Kier alpha value is -1.89. The van der Waals surface area contributed by atoms with Gasteiger partial charge in [-0.1, -0.05) is 30.3 Å². The van der Waals surface area contributed by atoms with Crippen molar-refractivity contribution in [1.29, 1.82) is 0 Å². The molecule has 0 aliphatic carbocycles. The first-order valence-corrected chi connectivity index (χ1v) is 8.48. The Morgan fingerprint density at radius 3 is 2.87 bits per heavy atom. The highest BCUT2D eigenvalue weighted by Crippen LogP contribution is 2.47. The minimum Gasteiger partial charge on any atom is -0.394 e. The van der Waals surface area contributed by atoms with Crippen molar-refractivity contribution in [2.24, 2.45) is 0 Å². The molecule has 23 heavy (non-hydrogen) atoms. The lowest BCUT2D eigenvalue weighted by atomic mass is 10.00. The van der Waals surface area contributed by atoms with E-state index in [0.717, 1.165) is 16.0 Å². The SMILES string of the molecule is Cc1cc2c(s1)C(CO)N1CC2N(OCc2ccccc2)C1=O. The van der Waals surface area contributed by atoms with Crippen molar-refractivity contribution < 1.29 is 14.7 Å². The Morgan fingerprint density at radius 2 is 2.13 bits per heavy atom. The van der Waals surface area contributed by atoms with Gasteiger partial charge in [-0.25, -0.2) is 4.79 Å². The smallest absolute Gasteiger partial charge is 0.345 e. The Labute approximate surface area is 138 Å². The van der Waals surface area contributed by atoms with Crippen LogP contribution in [0, 0.1) is 6.92 Å². The monoisotopic (exact) mass is 330 g/mol. The number of urea groups is 1. The van der Waals surface area contributed by atoms with Crippen LogP contribution in [0.1, 0.15) is 33.0 Å². The number of amides is 2. The first-order valence-electron chi connectivity index (χ1n) is 7.67. The molecule has 0 spiro atoms. The molecule has 5 nitrogen and oxygen atoms in total. The lowest BCUT2D eigenvalue weighted by molar-refractivity contribution is -0.141. The third-order valence-electron chi connectivity index (χ3n) is 4.43. The van der Waals surface area contributed by atoms with Crippen LogP contribution < -0.4 is 0 Å². The highest BCUT2D eigenvalue weighted by Gasteiger charge is 2.49. The molecule has 1 N–H and O–H groups in total. The fourth-order valence-electron chi connectivity index (χ4n) is 3.34. The molecule has 1 fully saturated rings. The molecule has 2 aromatic rings. The zero-order chi connectivity index (χ0) is 16.0. The Balaban J connectivity index is 1.61. The van der Waals surface area contributed by atoms with Gasteiger partial charge in [0.25, 0.3) is 0 Å². The van der Waals surface area contributed by atoms with Crippen molar-refractivity contribution in [1.82, 2.24) is 9.96 Å². The van der Waals surface area contributed by atoms with E-state index in [-0.39, 0.29) is 24.7 Å². The molecular weight excluding hydrogens is 312 g/mol. The molecule has 1 saturated heterocycles. The minimum atomic E-state index is -0.252. The van der Waals surface area contributed by atoms with Gasteiger partial charge in [0.2, 0.25) is 0 Å². The number of benzene rings is 1. The molecule has 3 heterocycles. The number of thiophene rings is 1. The molecule has 120 valence electrons. The maximum absolute atomic E-state index is 12.6. The summed E-state index contributed by atoms with van der Waals surface area (Å²) in [5.41, 5.74) is 2.14. The van der Waals surface area contributed by atoms with E-state index in [9.17, 15) is 9.90 Å². The van der Waals surface area contributed by atoms with Crippen LogP contribution in [0.25, 0.3) is 0 Å². The van der Waals surface area contributed by atoms with Crippen LogP contribution in [-0.2, 0) is 11.4 Å². The quantitative estimate of drug-likeness (QED) is 0.937. The second-order valence-electron chi connectivity index (χ2n) is 5.91. The number of aliphatic hydroxyl groups is 1. The van der Waals surface area contributed by atoms with Crippen LogP contribution in [-0.4, -0.2) is 34.3 Å². The van der Waals surface area contributed by atoms with E-state index < -0.39 is 0 Å². The summed E-state index contributed by atoms with van der Waals surface area (Å²) < 4.78 is 0. The van der Waals surface area contributed by atoms with E-state index in [1.807, 2.05) is 30.3 Å². The van der Waals surface area contributed by atoms with Gasteiger partial charge in [-0.15, -0.1) is 11.3 Å². The summed E-state index contributed by atoms with van der Waals surface area (Å²) in [6, 6.07) is 11.4. The standard InChI is InChI=1S/C17H18N2O3S/c1-11-7-13-14-8-18(15(9-20)16(13)23-11)17(21)19(14)22-10-12-5-3-2-4-6-12/h2-7,14-15,20H,8-10H2,1H3. The maximum Gasteiger partial charge on any atom is 0.345 e. The number of aryl methyl sites for hydroxylation is 1. The molecule has 2 aliphatic heterocycles. The first kappa shape index (κ1) is 14.7. The second-order valence-corrected chi connectivity index (χ2v) is 7.20. The maximum atomic E-state index is 12.6. The van der Waals surface area contributed by atoms with Gasteiger partial charge in [-0.2, -0.15) is 5.06 Å². The van der Waals surface area contributed by atoms with Gasteiger partial charge in [0.05, 0.1) is 19.2 Å². The third kappa shape index (κ3) is 2.34. The van der Waals surface area contributed by atoms with E-state index in [1.165, 1.54) is 9.94 Å². The van der Waals surface area contributed by atoms with E-state index in [4.69, 9.17) is 4.84 Å². The van der Waals surface area contributed by atoms with Gasteiger partial charge >= 0.3 is 6.03 Å². The molecule has 2 bridgehead atoms. The molecule has 2 amide bonds. The summed E-state index contributed by atoms with van der Waals surface area (Å²) in [6.45, 7) is 2.93.